The highest BCUT2D eigenvalue weighted by atomic mass is 15.3. The Kier molecular flexibility index (Phi) is 4.96. The Bertz CT molecular complexity index is 1120. The zero-order valence-corrected chi connectivity index (χ0v) is 16.9. The van der Waals surface area contributed by atoms with Crippen LogP contribution in [0.2, 0.25) is 0 Å². The molecule has 0 saturated carbocycles. The normalized spacial score (nSPS) is 14.9. The van der Waals surface area contributed by atoms with E-state index in [1.165, 1.54) is 0 Å². The van der Waals surface area contributed by atoms with E-state index >= 15 is 0 Å². The van der Waals surface area contributed by atoms with Crippen LogP contribution in [0.3, 0.4) is 0 Å². The third-order valence-electron chi connectivity index (χ3n) is 5.53. The van der Waals surface area contributed by atoms with E-state index in [9.17, 15) is 0 Å². The van der Waals surface area contributed by atoms with Crippen LogP contribution < -0.4 is 10.2 Å². The predicted molar refractivity (Wildman–Crippen MR) is 116 cm³/mol. The molecule has 8 heteroatoms. The molecule has 0 unspecified atom stereocenters. The third kappa shape index (κ3) is 3.94. The number of hydrogen-bond donors (Lipinski definition) is 1. The van der Waals surface area contributed by atoms with Gasteiger partial charge in [-0.05, 0) is 55.7 Å². The van der Waals surface area contributed by atoms with Gasteiger partial charge in [0.25, 0.3) is 0 Å². The Morgan fingerprint density at radius 3 is 2.73 bits per heavy atom. The molecule has 5 rings (SSSR count). The van der Waals surface area contributed by atoms with Crippen molar-refractivity contribution in [2.24, 2.45) is 0 Å². The van der Waals surface area contributed by atoms with Gasteiger partial charge >= 0.3 is 0 Å². The standard InChI is InChI=1S/C22H24N8/c1-16-4-6-21(27-26-16)29-11-8-18(9-12-29)22-25-20-7-5-19(15-30(20)28-22)24-14-17-3-2-10-23-13-17/h2-7,10,13,15,18,24H,8-9,11-12,14H2,1H3. The summed E-state index contributed by atoms with van der Waals surface area (Å²) in [5, 5.41) is 16.7. The van der Waals surface area contributed by atoms with Crippen molar-refractivity contribution in [1.29, 1.82) is 0 Å². The molecular weight excluding hydrogens is 376 g/mol. The maximum atomic E-state index is 4.77. The molecule has 4 aromatic rings. The Labute approximate surface area is 175 Å². The number of nitrogens with one attached hydrogen (secondary N) is 1. The number of nitrogens with zero attached hydrogens (tertiary/aromatic N) is 7. The second kappa shape index (κ2) is 8.06. The molecule has 0 amide bonds. The van der Waals surface area contributed by atoms with Crippen LogP contribution in [0.1, 0.15) is 35.8 Å². The molecule has 152 valence electrons. The summed E-state index contributed by atoms with van der Waals surface area (Å²) in [6.07, 6.45) is 7.68. The van der Waals surface area contributed by atoms with Crippen LogP contribution in [-0.4, -0.2) is 42.9 Å². The monoisotopic (exact) mass is 400 g/mol. The van der Waals surface area contributed by atoms with Gasteiger partial charge in [-0.2, -0.15) is 10.2 Å². The van der Waals surface area contributed by atoms with Crippen molar-refractivity contribution in [3.05, 3.63) is 72.1 Å². The van der Waals surface area contributed by atoms with Gasteiger partial charge in [0.2, 0.25) is 0 Å². The summed E-state index contributed by atoms with van der Waals surface area (Å²) in [7, 11) is 0. The lowest BCUT2D eigenvalue weighted by molar-refractivity contribution is 0.482. The van der Waals surface area contributed by atoms with E-state index in [-0.39, 0.29) is 0 Å². The van der Waals surface area contributed by atoms with Crippen LogP contribution in [0.25, 0.3) is 5.65 Å². The fourth-order valence-corrected chi connectivity index (χ4v) is 3.81. The van der Waals surface area contributed by atoms with Gasteiger partial charge in [0.15, 0.2) is 17.3 Å². The van der Waals surface area contributed by atoms with Crippen molar-refractivity contribution < 1.29 is 0 Å². The van der Waals surface area contributed by atoms with E-state index in [0.29, 0.717) is 5.92 Å². The lowest BCUT2D eigenvalue weighted by Gasteiger charge is -2.31. The highest BCUT2D eigenvalue weighted by Gasteiger charge is 2.24. The zero-order valence-electron chi connectivity index (χ0n) is 16.9. The molecule has 30 heavy (non-hydrogen) atoms. The van der Waals surface area contributed by atoms with E-state index in [1.54, 1.807) is 6.20 Å². The average molecular weight is 400 g/mol. The summed E-state index contributed by atoms with van der Waals surface area (Å²) < 4.78 is 1.87. The first kappa shape index (κ1) is 18.5. The Morgan fingerprint density at radius 1 is 1.07 bits per heavy atom. The van der Waals surface area contributed by atoms with Gasteiger partial charge in [-0.15, -0.1) is 5.10 Å². The molecule has 8 nitrogen and oxygen atoms in total. The van der Waals surface area contributed by atoms with Gasteiger partial charge in [-0.3, -0.25) is 4.98 Å². The predicted octanol–water partition coefficient (Wildman–Crippen LogP) is 3.22. The van der Waals surface area contributed by atoms with E-state index < -0.39 is 0 Å². The van der Waals surface area contributed by atoms with Gasteiger partial charge < -0.3 is 10.2 Å². The van der Waals surface area contributed by atoms with E-state index in [0.717, 1.165) is 66.7 Å². The van der Waals surface area contributed by atoms with Gasteiger partial charge in [0, 0.05) is 37.9 Å². The minimum absolute atomic E-state index is 0.367. The Hall–Kier alpha value is -3.55. The molecule has 5 heterocycles. The van der Waals surface area contributed by atoms with Crippen molar-refractivity contribution >= 4 is 17.2 Å². The fourth-order valence-electron chi connectivity index (χ4n) is 3.81. The lowest BCUT2D eigenvalue weighted by atomic mass is 9.96. The molecule has 0 atom stereocenters. The summed E-state index contributed by atoms with van der Waals surface area (Å²) in [5.74, 6) is 2.24. The summed E-state index contributed by atoms with van der Waals surface area (Å²) >= 11 is 0. The summed E-state index contributed by atoms with van der Waals surface area (Å²) in [4.78, 5) is 11.2. The number of aromatic nitrogens is 6. The van der Waals surface area contributed by atoms with Crippen molar-refractivity contribution in [2.75, 3.05) is 23.3 Å². The molecule has 1 aliphatic rings. The largest absolute Gasteiger partial charge is 0.380 e. The first-order chi connectivity index (χ1) is 14.7. The third-order valence-corrected chi connectivity index (χ3v) is 5.53. The van der Waals surface area contributed by atoms with E-state index in [4.69, 9.17) is 10.1 Å². The smallest absolute Gasteiger partial charge is 0.155 e. The second-order valence-electron chi connectivity index (χ2n) is 7.70. The topological polar surface area (TPSA) is 84.1 Å². The van der Waals surface area contributed by atoms with Gasteiger partial charge in [0.1, 0.15) is 0 Å². The molecule has 0 bridgehead atoms. The maximum Gasteiger partial charge on any atom is 0.155 e. The molecule has 1 fully saturated rings. The highest BCUT2D eigenvalue weighted by molar-refractivity contribution is 5.50. The maximum absolute atomic E-state index is 4.77. The Morgan fingerprint density at radius 2 is 1.97 bits per heavy atom. The number of anilines is 2. The summed E-state index contributed by atoms with van der Waals surface area (Å²) in [6, 6.07) is 12.1. The SMILES string of the molecule is Cc1ccc(N2CCC(c3nc4ccc(NCc5cccnc5)cn4n3)CC2)nn1. The summed E-state index contributed by atoms with van der Waals surface area (Å²) in [6.45, 7) is 4.56. The number of pyridine rings is 2. The first-order valence-electron chi connectivity index (χ1n) is 10.3. The van der Waals surface area contributed by atoms with Crippen LogP contribution in [0.4, 0.5) is 11.5 Å². The first-order valence-corrected chi connectivity index (χ1v) is 10.3. The molecule has 1 N–H and O–H groups in total. The van der Waals surface area contributed by atoms with Crippen molar-refractivity contribution in [1.82, 2.24) is 29.8 Å². The van der Waals surface area contributed by atoms with Crippen molar-refractivity contribution in [3.63, 3.8) is 0 Å². The Balaban J connectivity index is 1.24. The molecule has 0 radical (unpaired) electrons. The lowest BCUT2D eigenvalue weighted by Crippen LogP contribution is -2.34. The number of rotatable bonds is 5. The van der Waals surface area contributed by atoms with Gasteiger partial charge in [-0.25, -0.2) is 9.50 Å². The minimum Gasteiger partial charge on any atom is -0.380 e. The number of fused-ring (bicyclic) bond motifs is 1. The number of hydrogen-bond acceptors (Lipinski definition) is 7. The van der Waals surface area contributed by atoms with E-state index in [1.807, 2.05) is 54.2 Å². The molecular formula is C22H24N8. The molecule has 1 aliphatic heterocycles. The molecule has 1 saturated heterocycles. The van der Waals surface area contributed by atoms with Crippen LogP contribution >= 0.6 is 0 Å². The molecule has 4 aromatic heterocycles. The highest BCUT2D eigenvalue weighted by Crippen LogP contribution is 2.28. The van der Waals surface area contributed by atoms with Crippen molar-refractivity contribution in [2.45, 2.75) is 32.2 Å². The average Bonchev–Trinajstić information content (AvgIpc) is 3.22. The van der Waals surface area contributed by atoms with Crippen molar-refractivity contribution in [3.8, 4) is 0 Å². The minimum atomic E-state index is 0.367. The van der Waals surface area contributed by atoms with Crippen LogP contribution in [0.15, 0.2) is 55.0 Å². The molecule has 0 spiro atoms. The summed E-state index contributed by atoms with van der Waals surface area (Å²) in [5.41, 5.74) is 3.97. The zero-order chi connectivity index (χ0) is 20.3. The number of aryl methyl sites for hydroxylation is 1. The number of piperidine rings is 1. The second-order valence-corrected chi connectivity index (χ2v) is 7.70. The van der Waals surface area contributed by atoms with Crippen LogP contribution in [-0.2, 0) is 6.54 Å². The molecule has 0 aliphatic carbocycles. The quantitative estimate of drug-likeness (QED) is 0.551. The van der Waals surface area contributed by atoms with E-state index in [2.05, 4.69) is 31.5 Å². The molecule has 0 aromatic carbocycles. The fraction of sp³-hybridized carbons (Fsp3) is 0.318. The van der Waals surface area contributed by atoms with Crippen LogP contribution in [0.5, 0.6) is 0 Å². The van der Waals surface area contributed by atoms with Crippen LogP contribution in [0, 0.1) is 6.92 Å². The van der Waals surface area contributed by atoms with Gasteiger partial charge in [0.05, 0.1) is 17.6 Å². The van der Waals surface area contributed by atoms with Gasteiger partial charge in [-0.1, -0.05) is 6.07 Å².